The minimum atomic E-state index is -0.734. The second-order valence-corrected chi connectivity index (χ2v) is 16.7. The maximum atomic E-state index is 13.4. The Bertz CT molecular complexity index is 2620. The van der Waals surface area contributed by atoms with Gasteiger partial charge >= 0.3 is 0 Å². The highest BCUT2D eigenvalue weighted by molar-refractivity contribution is 5.84. The maximum absolute atomic E-state index is 13.4. The summed E-state index contributed by atoms with van der Waals surface area (Å²) in [4.78, 5) is 0. The molecule has 10 rings (SSSR count). The van der Waals surface area contributed by atoms with Crippen molar-refractivity contribution in [3.8, 4) is 11.4 Å². The minimum Gasteiger partial charge on any atom is -0.387 e. The number of hydrogen-bond acceptors (Lipinski definition) is 4. The second-order valence-electron chi connectivity index (χ2n) is 16.7. The zero-order valence-electron chi connectivity index (χ0n) is 33.3. The molecule has 0 unspecified atom stereocenters. The van der Waals surface area contributed by atoms with E-state index < -0.39 is 23.0 Å². The topological polar surface area (TPSA) is 76.1 Å². The van der Waals surface area contributed by atoms with Gasteiger partial charge in [-0.2, -0.15) is 10.2 Å². The zero-order valence-corrected chi connectivity index (χ0v) is 33.3. The van der Waals surface area contributed by atoms with Gasteiger partial charge in [0.15, 0.2) is 0 Å². The molecule has 6 nitrogen and oxygen atoms in total. The average molecular weight is 809 g/mol. The van der Waals surface area contributed by atoms with E-state index in [-0.39, 0.29) is 23.3 Å². The Morgan fingerprint density at radius 2 is 0.833 bits per heavy atom. The van der Waals surface area contributed by atoms with Crippen molar-refractivity contribution in [2.75, 3.05) is 0 Å². The first kappa shape index (κ1) is 39.4. The van der Waals surface area contributed by atoms with E-state index in [4.69, 9.17) is 0 Å². The van der Waals surface area contributed by atoms with E-state index in [1.807, 2.05) is 9.36 Å². The maximum Gasteiger partial charge on any atom is 0.123 e. The number of aromatic nitrogens is 4. The van der Waals surface area contributed by atoms with Gasteiger partial charge in [0.2, 0.25) is 0 Å². The lowest BCUT2D eigenvalue weighted by atomic mass is 9.66. The van der Waals surface area contributed by atoms with Crippen molar-refractivity contribution < 1.29 is 27.8 Å². The van der Waals surface area contributed by atoms with Gasteiger partial charge in [-0.05, 0) is 169 Å². The van der Waals surface area contributed by atoms with Crippen LogP contribution in [-0.2, 0) is 23.7 Å². The predicted molar refractivity (Wildman–Crippen MR) is 225 cm³/mol. The van der Waals surface area contributed by atoms with Crippen molar-refractivity contribution in [2.45, 2.75) is 75.4 Å². The van der Waals surface area contributed by atoms with Crippen LogP contribution in [0.4, 0.5) is 17.6 Å². The van der Waals surface area contributed by atoms with Gasteiger partial charge in [0.25, 0.3) is 0 Å². The highest BCUT2D eigenvalue weighted by Gasteiger charge is 2.41. The van der Waals surface area contributed by atoms with Crippen LogP contribution in [0.15, 0.2) is 134 Å². The van der Waals surface area contributed by atoms with Crippen molar-refractivity contribution in [3.05, 3.63) is 190 Å². The lowest BCUT2D eigenvalue weighted by Gasteiger charge is -2.40. The van der Waals surface area contributed by atoms with Crippen LogP contribution in [-0.4, -0.2) is 29.8 Å². The zero-order chi connectivity index (χ0) is 41.8. The van der Waals surface area contributed by atoms with E-state index in [9.17, 15) is 27.8 Å². The van der Waals surface area contributed by atoms with Gasteiger partial charge < -0.3 is 10.2 Å². The van der Waals surface area contributed by atoms with Crippen LogP contribution in [0.3, 0.4) is 0 Å². The number of fused-ring (bicyclic) bond motifs is 4. The summed E-state index contributed by atoms with van der Waals surface area (Å²) in [6.45, 7) is 4.16. The quantitative estimate of drug-likeness (QED) is 0.164. The van der Waals surface area contributed by atoms with Gasteiger partial charge in [-0.1, -0.05) is 38.1 Å². The molecule has 0 aliphatic heterocycles. The van der Waals surface area contributed by atoms with E-state index in [0.717, 1.165) is 82.8 Å². The molecule has 4 atom stereocenters. The third kappa shape index (κ3) is 7.07. The average Bonchev–Trinajstić information content (AvgIpc) is 3.87. The SMILES string of the molecule is C[C@]1([C@@H](O)c2ccc(F)cc2)CCCc2cc3c(cnn3-c3ccc(F)cc3)cc21.C[C@]1([C@H](O)c2ccc(F)cc2)CCCc2cc3c(cnn3-c3ccc(F)cc3)cc21. The summed E-state index contributed by atoms with van der Waals surface area (Å²) in [5.74, 6) is -1.18. The van der Waals surface area contributed by atoms with E-state index in [1.54, 1.807) is 60.9 Å². The molecule has 2 aliphatic rings. The lowest BCUT2D eigenvalue weighted by Crippen LogP contribution is -2.34. The van der Waals surface area contributed by atoms with Crippen LogP contribution >= 0.6 is 0 Å². The Labute approximate surface area is 345 Å². The number of benzene rings is 6. The van der Waals surface area contributed by atoms with Crippen LogP contribution in [0.1, 0.15) is 85.1 Å². The summed E-state index contributed by atoms with van der Waals surface area (Å²) in [6, 6.07) is 33.2. The first-order chi connectivity index (χ1) is 28.9. The van der Waals surface area contributed by atoms with Gasteiger partial charge in [-0.3, -0.25) is 0 Å². The van der Waals surface area contributed by atoms with E-state index in [0.29, 0.717) is 11.1 Å². The van der Waals surface area contributed by atoms with Crippen LogP contribution in [0.25, 0.3) is 33.2 Å². The summed E-state index contributed by atoms with van der Waals surface area (Å²) in [7, 11) is 0. The van der Waals surface area contributed by atoms with Gasteiger partial charge in [0.05, 0.1) is 47.0 Å². The molecule has 0 amide bonds. The molecule has 0 radical (unpaired) electrons. The molecule has 0 fully saturated rings. The predicted octanol–water partition coefficient (Wildman–Crippen LogP) is 11.3. The number of nitrogens with zero attached hydrogens (tertiary/aromatic N) is 4. The van der Waals surface area contributed by atoms with Gasteiger partial charge in [0.1, 0.15) is 23.3 Å². The molecule has 10 heteroatoms. The van der Waals surface area contributed by atoms with Crippen LogP contribution < -0.4 is 0 Å². The highest BCUT2D eigenvalue weighted by Crippen LogP contribution is 2.48. The fraction of sp³-hybridized carbons (Fsp3) is 0.240. The fourth-order valence-electron chi connectivity index (χ4n) is 9.44. The molecule has 8 aromatic rings. The van der Waals surface area contributed by atoms with Crippen LogP contribution in [0.5, 0.6) is 0 Å². The summed E-state index contributed by atoms with van der Waals surface area (Å²) in [6.07, 6.45) is 7.58. The van der Waals surface area contributed by atoms with Gasteiger partial charge in [-0.25, -0.2) is 26.9 Å². The normalized spacial score (nSPS) is 19.6. The van der Waals surface area contributed by atoms with Gasteiger partial charge in [-0.15, -0.1) is 0 Å². The summed E-state index contributed by atoms with van der Waals surface area (Å²) in [5.41, 5.74) is 8.59. The Morgan fingerprint density at radius 1 is 0.500 bits per heavy atom. The number of rotatable bonds is 6. The minimum absolute atomic E-state index is 0.280. The molecular weight excluding hydrogens is 765 g/mol. The first-order valence-corrected chi connectivity index (χ1v) is 20.3. The third-order valence-electron chi connectivity index (χ3n) is 12.8. The molecule has 2 N–H and O–H groups in total. The van der Waals surface area contributed by atoms with Crippen molar-refractivity contribution in [2.24, 2.45) is 0 Å². The highest BCUT2D eigenvalue weighted by atomic mass is 19.1. The number of aliphatic hydroxyl groups is 2. The lowest BCUT2D eigenvalue weighted by molar-refractivity contribution is 0.0782. The molecule has 2 aromatic heterocycles. The molecular formula is C50H44F4N4O2. The smallest absolute Gasteiger partial charge is 0.123 e. The van der Waals surface area contributed by atoms with Crippen molar-refractivity contribution in [1.29, 1.82) is 0 Å². The monoisotopic (exact) mass is 808 g/mol. The third-order valence-corrected chi connectivity index (χ3v) is 12.8. The Morgan fingerprint density at radius 3 is 1.18 bits per heavy atom. The molecule has 0 bridgehead atoms. The summed E-state index contributed by atoms with van der Waals surface area (Å²) in [5, 5.41) is 33.5. The van der Waals surface area contributed by atoms with Crippen LogP contribution in [0.2, 0.25) is 0 Å². The molecule has 0 saturated carbocycles. The summed E-state index contributed by atoms with van der Waals surface area (Å²) < 4.78 is 57.0. The van der Waals surface area contributed by atoms with Crippen molar-refractivity contribution >= 4 is 21.8 Å². The number of hydrogen-bond donors (Lipinski definition) is 2. The fourth-order valence-corrected chi connectivity index (χ4v) is 9.44. The standard InChI is InChI=1S/2C25H22F2N2O/c2*1-25(24(30)16-4-6-19(26)7-5-16)12-2-3-17-14-23-18(13-22(17)25)15-28-29(23)21-10-8-20(27)9-11-21/h2*4-11,13-15,24,30H,2-3,12H2,1H3/t24-,25+;24-,25-/m10/s1. The van der Waals surface area contributed by atoms with Crippen molar-refractivity contribution in [3.63, 3.8) is 0 Å². The van der Waals surface area contributed by atoms with Crippen LogP contribution in [0, 0.1) is 23.3 Å². The number of aliphatic hydroxyl groups excluding tert-OH is 2. The molecule has 0 saturated heterocycles. The van der Waals surface area contributed by atoms with Crippen molar-refractivity contribution in [1.82, 2.24) is 19.6 Å². The van der Waals surface area contributed by atoms with E-state index in [2.05, 4.69) is 48.3 Å². The Hall–Kier alpha value is -6.10. The molecule has 6 aromatic carbocycles. The molecule has 2 heterocycles. The molecule has 304 valence electrons. The van der Waals surface area contributed by atoms with Gasteiger partial charge in [0, 0.05) is 21.6 Å². The second kappa shape index (κ2) is 15.5. The summed E-state index contributed by atoms with van der Waals surface area (Å²) >= 11 is 0. The largest absolute Gasteiger partial charge is 0.387 e. The van der Waals surface area contributed by atoms with E-state index in [1.165, 1.54) is 59.7 Å². The molecule has 2 aliphatic carbocycles. The first-order valence-electron chi connectivity index (χ1n) is 20.3. The number of aryl methyl sites for hydroxylation is 2. The molecule has 0 spiro atoms. The number of halogens is 4. The Kier molecular flexibility index (Phi) is 10.2. The Balaban J connectivity index is 0.000000154. The molecule has 60 heavy (non-hydrogen) atoms. The van der Waals surface area contributed by atoms with E-state index >= 15 is 0 Å².